The predicted octanol–water partition coefficient (Wildman–Crippen LogP) is 2.77. The fourth-order valence-electron chi connectivity index (χ4n) is 4.44. The van der Waals surface area contributed by atoms with Crippen LogP contribution < -0.4 is 10.2 Å². The van der Waals surface area contributed by atoms with Crippen LogP contribution in [0.1, 0.15) is 32.7 Å². The molecule has 34 heavy (non-hydrogen) atoms. The van der Waals surface area contributed by atoms with Crippen molar-refractivity contribution < 1.29 is 19.2 Å². The largest absolute Gasteiger partial charge is 0.369 e. The quantitative estimate of drug-likeness (QED) is 0.647. The van der Waals surface area contributed by atoms with E-state index in [2.05, 4.69) is 15.1 Å². The monoisotopic (exact) mass is 501 g/mol. The summed E-state index contributed by atoms with van der Waals surface area (Å²) in [4.78, 5) is 53.9. The van der Waals surface area contributed by atoms with Crippen LogP contribution >= 0.6 is 23.2 Å². The first-order valence-corrected chi connectivity index (χ1v) is 11.6. The smallest absolute Gasteiger partial charge is 0.343 e. The third kappa shape index (κ3) is 4.11. The van der Waals surface area contributed by atoms with Crippen molar-refractivity contribution >= 4 is 52.6 Å². The normalized spacial score (nSPS) is 19.1. The van der Waals surface area contributed by atoms with Gasteiger partial charge in [-0.1, -0.05) is 29.3 Å². The standard InChI is InChI=1S/C23H21Cl2N5O4/c24-18-4-2-15(12-19(18)25)28-9-7-27(8-10-28)13-14-1-3-16-17(11-14)22(33)30(21(16)32)29-6-5-20(31)26-23(29)34/h1-4,11-12H,5-10,13H2,(H,26,31,34). The van der Waals surface area contributed by atoms with Gasteiger partial charge in [-0.25, -0.2) is 9.80 Å². The molecule has 2 fully saturated rings. The van der Waals surface area contributed by atoms with Crippen LogP contribution in [0.25, 0.3) is 0 Å². The van der Waals surface area contributed by atoms with Gasteiger partial charge < -0.3 is 4.90 Å². The zero-order chi connectivity index (χ0) is 24.0. The highest BCUT2D eigenvalue weighted by Crippen LogP contribution is 2.29. The molecule has 0 unspecified atom stereocenters. The molecule has 5 rings (SSSR count). The van der Waals surface area contributed by atoms with E-state index < -0.39 is 23.8 Å². The number of fused-ring (bicyclic) bond motifs is 1. The van der Waals surface area contributed by atoms with Gasteiger partial charge in [0.2, 0.25) is 5.91 Å². The second-order valence-corrected chi connectivity index (χ2v) is 9.20. The van der Waals surface area contributed by atoms with Gasteiger partial charge in [0.1, 0.15) is 0 Å². The Bertz CT molecular complexity index is 1210. The van der Waals surface area contributed by atoms with Crippen LogP contribution in [0.3, 0.4) is 0 Å². The van der Waals surface area contributed by atoms with Gasteiger partial charge in [0, 0.05) is 44.8 Å². The van der Waals surface area contributed by atoms with E-state index in [1.165, 1.54) is 0 Å². The van der Waals surface area contributed by atoms with E-state index in [1.54, 1.807) is 18.2 Å². The second-order valence-electron chi connectivity index (χ2n) is 8.39. The molecule has 5 amide bonds. The number of hydrazine groups is 1. The number of rotatable bonds is 4. The number of nitrogens with zero attached hydrogens (tertiary/aromatic N) is 4. The number of urea groups is 1. The fraction of sp³-hybridized carbons (Fsp3) is 0.304. The molecule has 9 nitrogen and oxygen atoms in total. The van der Waals surface area contributed by atoms with E-state index in [9.17, 15) is 19.2 Å². The minimum absolute atomic E-state index is 0.0217. The molecule has 3 heterocycles. The van der Waals surface area contributed by atoms with Crippen molar-refractivity contribution in [1.82, 2.24) is 20.2 Å². The summed E-state index contributed by atoms with van der Waals surface area (Å²) in [5.74, 6) is -1.55. The summed E-state index contributed by atoms with van der Waals surface area (Å²) in [5.41, 5.74) is 2.45. The number of imide groups is 2. The Morgan fingerprint density at radius 3 is 2.24 bits per heavy atom. The van der Waals surface area contributed by atoms with Gasteiger partial charge in [0.05, 0.1) is 27.7 Å². The summed E-state index contributed by atoms with van der Waals surface area (Å²) >= 11 is 12.2. The Morgan fingerprint density at radius 2 is 1.53 bits per heavy atom. The van der Waals surface area contributed by atoms with Gasteiger partial charge in [0.25, 0.3) is 11.8 Å². The number of amides is 5. The highest BCUT2D eigenvalue weighted by molar-refractivity contribution is 6.42. The first-order chi connectivity index (χ1) is 16.3. The number of nitrogens with one attached hydrogen (secondary N) is 1. The Kier molecular flexibility index (Phi) is 5.93. The molecule has 0 saturated carbocycles. The summed E-state index contributed by atoms with van der Waals surface area (Å²) in [7, 11) is 0. The number of carbonyl (C=O) groups excluding carboxylic acids is 4. The van der Waals surface area contributed by atoms with Crippen molar-refractivity contribution in [3.8, 4) is 0 Å². The maximum atomic E-state index is 13.0. The van der Waals surface area contributed by atoms with Crippen molar-refractivity contribution in [3.05, 3.63) is 63.1 Å². The average molecular weight is 502 g/mol. The van der Waals surface area contributed by atoms with Gasteiger partial charge in [-0.15, -0.1) is 0 Å². The lowest BCUT2D eigenvalue weighted by Gasteiger charge is -2.36. The summed E-state index contributed by atoms with van der Waals surface area (Å²) in [6.07, 6.45) is 0.0264. The van der Waals surface area contributed by atoms with Crippen LogP contribution in [-0.4, -0.2) is 71.4 Å². The molecule has 0 bridgehead atoms. The maximum Gasteiger partial charge on any atom is 0.343 e. The van der Waals surface area contributed by atoms with Crippen molar-refractivity contribution in [2.45, 2.75) is 13.0 Å². The minimum Gasteiger partial charge on any atom is -0.369 e. The SMILES string of the molecule is O=C1CCN(N2C(=O)c3ccc(CN4CCN(c5ccc(Cl)c(Cl)c5)CC4)cc3C2=O)C(=O)N1. The summed E-state index contributed by atoms with van der Waals surface area (Å²) in [6, 6.07) is 10.0. The molecule has 3 aliphatic rings. The second kappa shape index (κ2) is 8.90. The molecule has 1 N–H and O–H groups in total. The van der Waals surface area contributed by atoms with Crippen LogP contribution in [0.5, 0.6) is 0 Å². The molecule has 0 spiro atoms. The van der Waals surface area contributed by atoms with E-state index in [0.717, 1.165) is 47.4 Å². The van der Waals surface area contributed by atoms with Gasteiger partial charge in [-0.3, -0.25) is 24.6 Å². The predicted molar refractivity (Wildman–Crippen MR) is 126 cm³/mol. The van der Waals surface area contributed by atoms with Crippen LogP contribution in [0.4, 0.5) is 10.5 Å². The van der Waals surface area contributed by atoms with Crippen molar-refractivity contribution in [2.75, 3.05) is 37.6 Å². The third-order valence-corrected chi connectivity index (χ3v) is 6.99. The summed E-state index contributed by atoms with van der Waals surface area (Å²) < 4.78 is 0. The lowest BCUT2D eigenvalue weighted by atomic mass is 10.1. The topological polar surface area (TPSA) is 93.3 Å². The molecular formula is C23H21Cl2N5O4. The van der Waals surface area contributed by atoms with Crippen molar-refractivity contribution in [2.24, 2.45) is 0 Å². The maximum absolute atomic E-state index is 13.0. The van der Waals surface area contributed by atoms with E-state index in [-0.39, 0.29) is 24.1 Å². The van der Waals surface area contributed by atoms with Crippen molar-refractivity contribution in [1.29, 1.82) is 0 Å². The number of piperazine rings is 1. The molecule has 2 aromatic carbocycles. The van der Waals surface area contributed by atoms with E-state index in [4.69, 9.17) is 23.2 Å². The molecule has 2 saturated heterocycles. The highest BCUT2D eigenvalue weighted by Gasteiger charge is 2.43. The molecule has 176 valence electrons. The molecule has 2 aromatic rings. The Balaban J connectivity index is 1.25. The van der Waals surface area contributed by atoms with Gasteiger partial charge in [-0.2, -0.15) is 5.01 Å². The molecular weight excluding hydrogens is 481 g/mol. The Hall–Kier alpha value is -3.14. The van der Waals surface area contributed by atoms with Crippen LogP contribution in [0.2, 0.25) is 10.0 Å². The van der Waals surface area contributed by atoms with E-state index >= 15 is 0 Å². The number of benzene rings is 2. The zero-order valence-corrected chi connectivity index (χ0v) is 19.6. The number of halogens is 2. The van der Waals surface area contributed by atoms with Crippen molar-refractivity contribution in [3.63, 3.8) is 0 Å². The van der Waals surface area contributed by atoms with Crippen LogP contribution in [0.15, 0.2) is 36.4 Å². The highest BCUT2D eigenvalue weighted by atomic mass is 35.5. The first-order valence-electron chi connectivity index (χ1n) is 10.9. The summed E-state index contributed by atoms with van der Waals surface area (Å²) in [5, 5.41) is 5.02. The molecule has 3 aliphatic heterocycles. The minimum atomic E-state index is -0.772. The molecule has 0 aromatic heterocycles. The average Bonchev–Trinajstić information content (AvgIpc) is 3.06. The summed E-state index contributed by atoms with van der Waals surface area (Å²) in [6.45, 7) is 3.87. The molecule has 0 atom stereocenters. The number of hydrogen-bond donors (Lipinski definition) is 1. The first kappa shape index (κ1) is 22.6. The number of anilines is 1. The Labute approximate surface area is 205 Å². The zero-order valence-electron chi connectivity index (χ0n) is 18.1. The lowest BCUT2D eigenvalue weighted by Crippen LogP contribution is -2.58. The van der Waals surface area contributed by atoms with Crippen LogP contribution in [-0.2, 0) is 11.3 Å². The van der Waals surface area contributed by atoms with Gasteiger partial charge in [-0.05, 0) is 35.9 Å². The fourth-order valence-corrected chi connectivity index (χ4v) is 4.74. The van der Waals surface area contributed by atoms with E-state index in [0.29, 0.717) is 16.6 Å². The van der Waals surface area contributed by atoms with Gasteiger partial charge >= 0.3 is 6.03 Å². The van der Waals surface area contributed by atoms with Crippen LogP contribution in [0, 0.1) is 0 Å². The van der Waals surface area contributed by atoms with Gasteiger partial charge in [0.15, 0.2) is 0 Å². The Morgan fingerprint density at radius 1 is 0.794 bits per heavy atom. The molecule has 0 radical (unpaired) electrons. The molecule has 0 aliphatic carbocycles. The molecule has 11 heteroatoms. The third-order valence-electron chi connectivity index (χ3n) is 6.25. The number of carbonyl (C=O) groups is 4. The van der Waals surface area contributed by atoms with E-state index in [1.807, 2.05) is 18.2 Å². The number of hydrogen-bond acceptors (Lipinski definition) is 6. The lowest BCUT2D eigenvalue weighted by molar-refractivity contribution is -0.122.